The molecule has 0 saturated heterocycles. The summed E-state index contributed by atoms with van der Waals surface area (Å²) in [6, 6.07) is 7.18. The molecule has 0 spiro atoms. The largest absolute Gasteiger partial charge is 0.371 e. The van der Waals surface area contributed by atoms with Gasteiger partial charge in [-0.15, -0.1) is 0 Å². The first kappa shape index (κ1) is 18.6. The number of carbonyl (C=O) groups is 1. The highest BCUT2D eigenvalue weighted by Gasteiger charge is 2.31. The van der Waals surface area contributed by atoms with Crippen molar-refractivity contribution in [2.75, 3.05) is 24.4 Å². The second-order valence-electron chi connectivity index (χ2n) is 6.55. The fourth-order valence-corrected chi connectivity index (χ4v) is 2.73. The number of ether oxygens (including phenoxy) is 1. The lowest BCUT2D eigenvalue weighted by atomic mass is 9.88. The number of methoxy groups -OCH3 is 1. The molecule has 1 unspecified atom stereocenters. The van der Waals surface area contributed by atoms with Gasteiger partial charge >= 0.3 is 0 Å². The maximum absolute atomic E-state index is 12.2. The number of nitrogens with one attached hydrogen (secondary N) is 1. The van der Waals surface area contributed by atoms with Crippen LogP contribution in [0, 0.1) is 5.41 Å². The lowest BCUT2D eigenvalue weighted by Gasteiger charge is -2.28. The molecule has 1 amide bonds. The Balaban J connectivity index is 2.70. The summed E-state index contributed by atoms with van der Waals surface area (Å²) >= 11 is 0. The van der Waals surface area contributed by atoms with Crippen molar-refractivity contribution in [2.45, 2.75) is 33.3 Å². The lowest BCUT2D eigenvalue weighted by molar-refractivity contribution is -0.131. The number of benzene rings is 1. The third-order valence-corrected chi connectivity index (χ3v) is 4.19. The molecule has 0 saturated carbocycles. The first-order valence-electron chi connectivity index (χ1n) is 7.13. The molecule has 6 heteroatoms. The Morgan fingerprint density at radius 2 is 1.77 bits per heavy atom. The Morgan fingerprint density at radius 1 is 1.23 bits per heavy atom. The predicted molar refractivity (Wildman–Crippen MR) is 88.7 cm³/mol. The SMILES string of the molecule is COC(C(=O)Nc1ccc(CCS(C)(=O)=O)cc1)C(C)(C)C. The normalized spacial score (nSPS) is 13.7. The van der Waals surface area contributed by atoms with Gasteiger partial charge in [-0.25, -0.2) is 8.42 Å². The van der Waals surface area contributed by atoms with Gasteiger partial charge < -0.3 is 10.1 Å². The van der Waals surface area contributed by atoms with Crippen LogP contribution in [0.15, 0.2) is 24.3 Å². The molecule has 124 valence electrons. The molecule has 1 N–H and O–H groups in total. The molecule has 22 heavy (non-hydrogen) atoms. The summed E-state index contributed by atoms with van der Waals surface area (Å²) in [6.07, 6.45) is 1.15. The van der Waals surface area contributed by atoms with Gasteiger partial charge in [0.2, 0.25) is 0 Å². The molecule has 0 aliphatic heterocycles. The maximum Gasteiger partial charge on any atom is 0.254 e. The molecular weight excluding hydrogens is 302 g/mol. The summed E-state index contributed by atoms with van der Waals surface area (Å²) in [6.45, 7) is 5.82. The Labute approximate surface area is 133 Å². The van der Waals surface area contributed by atoms with Crippen molar-refractivity contribution in [3.05, 3.63) is 29.8 Å². The van der Waals surface area contributed by atoms with Crippen molar-refractivity contribution in [3.63, 3.8) is 0 Å². The van der Waals surface area contributed by atoms with Crippen molar-refractivity contribution < 1.29 is 17.9 Å². The van der Waals surface area contributed by atoms with Gasteiger partial charge in [0.25, 0.3) is 5.91 Å². The van der Waals surface area contributed by atoms with E-state index in [1.54, 1.807) is 12.1 Å². The fraction of sp³-hybridized carbons (Fsp3) is 0.562. The summed E-state index contributed by atoms with van der Waals surface area (Å²) in [7, 11) is -1.45. The summed E-state index contributed by atoms with van der Waals surface area (Å²) in [5.41, 5.74) is 1.29. The second-order valence-corrected chi connectivity index (χ2v) is 8.81. The summed E-state index contributed by atoms with van der Waals surface area (Å²) < 4.78 is 27.6. The van der Waals surface area contributed by atoms with Gasteiger partial charge in [-0.05, 0) is 29.5 Å². The van der Waals surface area contributed by atoms with Crippen molar-refractivity contribution >= 4 is 21.4 Å². The van der Waals surface area contributed by atoms with E-state index in [9.17, 15) is 13.2 Å². The molecule has 0 fully saturated rings. The zero-order chi connectivity index (χ0) is 17.0. The number of aryl methyl sites for hydroxylation is 1. The molecule has 1 aromatic carbocycles. The molecule has 0 radical (unpaired) electrons. The molecular formula is C16H25NO4S. The quantitative estimate of drug-likeness (QED) is 0.870. The van der Waals surface area contributed by atoms with E-state index in [-0.39, 0.29) is 17.1 Å². The highest BCUT2D eigenvalue weighted by atomic mass is 32.2. The van der Waals surface area contributed by atoms with Crippen molar-refractivity contribution in [2.24, 2.45) is 5.41 Å². The van der Waals surface area contributed by atoms with E-state index < -0.39 is 15.9 Å². The Morgan fingerprint density at radius 3 is 2.18 bits per heavy atom. The van der Waals surface area contributed by atoms with Crippen molar-refractivity contribution in [1.29, 1.82) is 0 Å². The van der Waals surface area contributed by atoms with E-state index in [4.69, 9.17) is 4.74 Å². The van der Waals surface area contributed by atoms with Crippen LogP contribution in [0.3, 0.4) is 0 Å². The number of amides is 1. The van der Waals surface area contributed by atoms with E-state index in [0.29, 0.717) is 12.1 Å². The van der Waals surface area contributed by atoms with E-state index in [2.05, 4.69) is 5.32 Å². The van der Waals surface area contributed by atoms with Crippen LogP contribution in [-0.2, 0) is 25.8 Å². The van der Waals surface area contributed by atoms with Crippen LogP contribution in [0.1, 0.15) is 26.3 Å². The number of anilines is 1. The standard InChI is InChI=1S/C16H25NO4S/c1-16(2,3)14(21-4)15(18)17-13-8-6-12(7-9-13)10-11-22(5,19)20/h6-9,14H,10-11H2,1-5H3,(H,17,18). The van der Waals surface area contributed by atoms with Crippen LogP contribution in [0.5, 0.6) is 0 Å². The Kier molecular flexibility index (Phi) is 6.14. The second kappa shape index (κ2) is 7.24. The van der Waals surface area contributed by atoms with Crippen LogP contribution >= 0.6 is 0 Å². The van der Waals surface area contributed by atoms with Crippen molar-refractivity contribution in [3.8, 4) is 0 Å². The highest BCUT2D eigenvalue weighted by molar-refractivity contribution is 7.90. The molecule has 1 atom stereocenters. The van der Waals surface area contributed by atoms with Crippen LogP contribution in [-0.4, -0.2) is 39.5 Å². The Hall–Kier alpha value is -1.40. The first-order valence-corrected chi connectivity index (χ1v) is 9.19. The first-order chi connectivity index (χ1) is 10.0. The Bertz CT molecular complexity index is 600. The third kappa shape index (κ3) is 6.15. The van der Waals surface area contributed by atoms with Gasteiger partial charge in [-0.2, -0.15) is 0 Å². The zero-order valence-corrected chi connectivity index (χ0v) is 14.7. The fourth-order valence-electron chi connectivity index (χ4n) is 2.12. The molecule has 5 nitrogen and oxygen atoms in total. The van der Waals surface area contributed by atoms with E-state index >= 15 is 0 Å². The van der Waals surface area contributed by atoms with E-state index in [1.807, 2.05) is 32.9 Å². The molecule has 0 aromatic heterocycles. The zero-order valence-electron chi connectivity index (χ0n) is 13.8. The van der Waals surface area contributed by atoms with Gasteiger partial charge in [0.15, 0.2) is 0 Å². The minimum Gasteiger partial charge on any atom is -0.371 e. The van der Waals surface area contributed by atoms with Crippen LogP contribution in [0.2, 0.25) is 0 Å². The lowest BCUT2D eigenvalue weighted by Crippen LogP contribution is -2.40. The monoisotopic (exact) mass is 327 g/mol. The average molecular weight is 327 g/mol. The predicted octanol–water partition coefficient (Wildman–Crippen LogP) is 2.27. The molecule has 1 aromatic rings. The summed E-state index contributed by atoms with van der Waals surface area (Å²) in [5, 5.41) is 2.82. The molecule has 0 bridgehead atoms. The average Bonchev–Trinajstić information content (AvgIpc) is 2.36. The van der Waals surface area contributed by atoms with Gasteiger partial charge in [0.1, 0.15) is 15.9 Å². The van der Waals surface area contributed by atoms with Crippen LogP contribution in [0.25, 0.3) is 0 Å². The summed E-state index contributed by atoms with van der Waals surface area (Å²) in [5.74, 6) is -0.0760. The number of hydrogen-bond acceptors (Lipinski definition) is 4. The van der Waals surface area contributed by atoms with Gasteiger partial charge in [0.05, 0.1) is 5.75 Å². The molecule has 0 heterocycles. The molecule has 0 aliphatic carbocycles. The van der Waals surface area contributed by atoms with Crippen LogP contribution in [0.4, 0.5) is 5.69 Å². The number of rotatable bonds is 6. The van der Waals surface area contributed by atoms with Gasteiger partial charge in [-0.3, -0.25) is 4.79 Å². The van der Waals surface area contributed by atoms with Gasteiger partial charge in [0, 0.05) is 19.1 Å². The van der Waals surface area contributed by atoms with Gasteiger partial charge in [-0.1, -0.05) is 32.9 Å². The number of carbonyl (C=O) groups excluding carboxylic acids is 1. The highest BCUT2D eigenvalue weighted by Crippen LogP contribution is 2.23. The number of sulfone groups is 1. The smallest absolute Gasteiger partial charge is 0.254 e. The summed E-state index contributed by atoms with van der Waals surface area (Å²) in [4.78, 5) is 12.2. The van der Waals surface area contributed by atoms with E-state index in [1.165, 1.54) is 13.4 Å². The van der Waals surface area contributed by atoms with Crippen molar-refractivity contribution in [1.82, 2.24) is 0 Å². The number of hydrogen-bond donors (Lipinski definition) is 1. The molecule has 1 rings (SSSR count). The van der Waals surface area contributed by atoms with E-state index in [0.717, 1.165) is 5.56 Å². The van der Waals surface area contributed by atoms with Crippen LogP contribution < -0.4 is 5.32 Å². The topological polar surface area (TPSA) is 72.5 Å². The minimum atomic E-state index is -2.97. The third-order valence-electron chi connectivity index (χ3n) is 3.24. The molecule has 0 aliphatic rings. The maximum atomic E-state index is 12.2. The minimum absolute atomic E-state index is 0.120.